The molecular formula is C19H14BrNO5S. The third kappa shape index (κ3) is 4.40. The molecule has 2 amide bonds. The largest absolute Gasteiger partial charge is 0.488 e. The first-order valence-corrected chi connectivity index (χ1v) is 9.42. The number of rotatable bonds is 5. The first-order chi connectivity index (χ1) is 12.8. The highest BCUT2D eigenvalue weighted by Crippen LogP contribution is 2.34. The van der Waals surface area contributed by atoms with E-state index in [4.69, 9.17) is 9.84 Å². The van der Waals surface area contributed by atoms with Crippen molar-refractivity contribution in [3.8, 4) is 5.75 Å². The van der Waals surface area contributed by atoms with Crippen LogP contribution in [0.5, 0.6) is 5.75 Å². The first-order valence-electron chi connectivity index (χ1n) is 7.81. The van der Waals surface area contributed by atoms with Crippen molar-refractivity contribution in [2.24, 2.45) is 0 Å². The molecule has 0 spiro atoms. The average molecular weight is 448 g/mol. The molecule has 1 N–H and O–H groups in total. The Morgan fingerprint density at radius 3 is 2.52 bits per heavy atom. The quantitative estimate of drug-likeness (QED) is 0.684. The number of carboxylic acids is 1. The van der Waals surface area contributed by atoms with Gasteiger partial charge in [0.25, 0.3) is 11.1 Å². The van der Waals surface area contributed by atoms with Crippen molar-refractivity contribution < 1.29 is 24.2 Å². The topological polar surface area (TPSA) is 83.9 Å². The third-order valence-corrected chi connectivity index (χ3v) is 5.29. The van der Waals surface area contributed by atoms with E-state index in [2.05, 4.69) is 15.9 Å². The number of ether oxygens (including phenoxy) is 1. The molecule has 0 aromatic heterocycles. The van der Waals surface area contributed by atoms with Crippen LogP contribution >= 0.6 is 27.7 Å². The Kier molecular flexibility index (Phi) is 5.67. The number of amides is 2. The smallest absolute Gasteiger partial charge is 0.335 e. The average Bonchev–Trinajstić information content (AvgIpc) is 2.88. The maximum absolute atomic E-state index is 12.1. The number of halogens is 1. The van der Waals surface area contributed by atoms with E-state index in [0.717, 1.165) is 26.7 Å². The molecule has 8 heteroatoms. The number of thioether (sulfide) groups is 1. The van der Waals surface area contributed by atoms with Crippen LogP contribution in [0.3, 0.4) is 0 Å². The minimum atomic E-state index is -0.984. The number of nitrogens with zero attached hydrogens (tertiary/aromatic N) is 1. The van der Waals surface area contributed by atoms with Crippen LogP contribution in [0.2, 0.25) is 0 Å². The van der Waals surface area contributed by atoms with Crippen molar-refractivity contribution in [3.05, 3.63) is 68.5 Å². The Labute approximate surface area is 167 Å². The van der Waals surface area contributed by atoms with Gasteiger partial charge in [0.05, 0.1) is 10.5 Å². The summed E-state index contributed by atoms with van der Waals surface area (Å²) in [6, 6.07) is 11.8. The lowest BCUT2D eigenvalue weighted by Gasteiger charge is -2.11. The Balaban J connectivity index is 1.81. The minimum Gasteiger partial charge on any atom is -0.488 e. The number of likely N-dealkylation sites (N-methyl/N-ethyl adjacent to an activating group) is 1. The van der Waals surface area contributed by atoms with Crippen LogP contribution in [-0.4, -0.2) is 34.2 Å². The predicted octanol–water partition coefficient (Wildman–Crippen LogP) is 4.39. The zero-order valence-electron chi connectivity index (χ0n) is 14.1. The van der Waals surface area contributed by atoms with Crippen molar-refractivity contribution in [1.29, 1.82) is 0 Å². The summed E-state index contributed by atoms with van der Waals surface area (Å²) in [6.45, 7) is 0.234. The molecule has 6 nitrogen and oxygen atoms in total. The number of carbonyl (C=O) groups excluding carboxylic acids is 2. The van der Waals surface area contributed by atoms with Gasteiger partial charge in [0, 0.05) is 17.1 Å². The molecule has 138 valence electrons. The van der Waals surface area contributed by atoms with Crippen molar-refractivity contribution >= 4 is 50.9 Å². The highest BCUT2D eigenvalue weighted by molar-refractivity contribution is 9.10. The van der Waals surface area contributed by atoms with Gasteiger partial charge < -0.3 is 9.84 Å². The van der Waals surface area contributed by atoms with Crippen molar-refractivity contribution in [1.82, 2.24) is 4.90 Å². The Hall–Kier alpha value is -2.58. The highest BCUT2D eigenvalue weighted by Gasteiger charge is 2.32. The van der Waals surface area contributed by atoms with Crippen LogP contribution in [-0.2, 0) is 11.4 Å². The fraction of sp³-hybridized carbons (Fsp3) is 0.105. The number of imide groups is 1. The summed E-state index contributed by atoms with van der Waals surface area (Å²) in [6.07, 6.45) is 1.63. The second kappa shape index (κ2) is 7.98. The number of hydrogen-bond acceptors (Lipinski definition) is 5. The molecule has 3 rings (SSSR count). The van der Waals surface area contributed by atoms with Gasteiger partial charge in [0.2, 0.25) is 0 Å². The Morgan fingerprint density at radius 2 is 1.93 bits per heavy atom. The maximum atomic E-state index is 12.1. The van der Waals surface area contributed by atoms with Crippen LogP contribution in [0, 0.1) is 0 Å². The van der Waals surface area contributed by atoms with Gasteiger partial charge >= 0.3 is 5.97 Å². The highest BCUT2D eigenvalue weighted by atomic mass is 79.9. The lowest BCUT2D eigenvalue weighted by atomic mass is 10.1. The van der Waals surface area contributed by atoms with E-state index in [1.54, 1.807) is 30.3 Å². The molecule has 1 aliphatic rings. The zero-order valence-corrected chi connectivity index (χ0v) is 16.5. The molecule has 27 heavy (non-hydrogen) atoms. The summed E-state index contributed by atoms with van der Waals surface area (Å²) in [5, 5.41) is 8.62. The summed E-state index contributed by atoms with van der Waals surface area (Å²) in [5.41, 5.74) is 1.67. The Morgan fingerprint density at radius 1 is 1.22 bits per heavy atom. The number of carbonyl (C=O) groups is 3. The van der Waals surface area contributed by atoms with Crippen LogP contribution in [0.15, 0.2) is 51.8 Å². The van der Waals surface area contributed by atoms with Gasteiger partial charge in [-0.3, -0.25) is 14.5 Å². The van der Waals surface area contributed by atoms with Gasteiger partial charge in [0.1, 0.15) is 12.4 Å². The number of benzene rings is 2. The normalized spacial score (nSPS) is 15.5. The summed E-state index contributed by atoms with van der Waals surface area (Å²) in [4.78, 5) is 36.1. The zero-order chi connectivity index (χ0) is 19.6. The second-order valence-electron chi connectivity index (χ2n) is 5.71. The van der Waals surface area contributed by atoms with Gasteiger partial charge in [-0.05, 0) is 53.7 Å². The molecule has 1 heterocycles. The van der Waals surface area contributed by atoms with E-state index in [1.807, 2.05) is 6.07 Å². The van der Waals surface area contributed by atoms with Gasteiger partial charge in [-0.1, -0.05) is 28.1 Å². The molecule has 0 bridgehead atoms. The van der Waals surface area contributed by atoms with Crippen LogP contribution in [0.25, 0.3) is 6.08 Å². The lowest BCUT2D eigenvalue weighted by Crippen LogP contribution is -2.22. The van der Waals surface area contributed by atoms with Gasteiger partial charge in [-0.2, -0.15) is 0 Å². The fourth-order valence-electron chi connectivity index (χ4n) is 2.36. The first kappa shape index (κ1) is 19.2. The van der Waals surface area contributed by atoms with Gasteiger partial charge in [-0.15, -0.1) is 0 Å². The van der Waals surface area contributed by atoms with E-state index in [0.29, 0.717) is 16.2 Å². The molecule has 1 fully saturated rings. The number of hydrogen-bond donors (Lipinski definition) is 1. The Bertz CT molecular complexity index is 955. The second-order valence-corrected chi connectivity index (χ2v) is 7.62. The number of carboxylic acid groups (broad SMARTS) is 1. The molecule has 0 unspecified atom stereocenters. The monoisotopic (exact) mass is 447 g/mol. The van der Waals surface area contributed by atoms with Crippen molar-refractivity contribution in [3.63, 3.8) is 0 Å². The van der Waals surface area contributed by atoms with E-state index in [-0.39, 0.29) is 23.3 Å². The molecule has 0 saturated carbocycles. The molecule has 1 saturated heterocycles. The number of aromatic carboxylic acids is 1. The maximum Gasteiger partial charge on any atom is 0.335 e. The predicted molar refractivity (Wildman–Crippen MR) is 106 cm³/mol. The van der Waals surface area contributed by atoms with Crippen LogP contribution in [0.4, 0.5) is 4.79 Å². The SMILES string of the molecule is CN1C(=O)S/C(=C/c2cc(Br)ccc2OCc2ccc(C(=O)O)cc2)C1=O. The van der Waals surface area contributed by atoms with E-state index >= 15 is 0 Å². The van der Waals surface area contributed by atoms with Crippen LogP contribution in [0.1, 0.15) is 21.5 Å². The van der Waals surface area contributed by atoms with Crippen LogP contribution < -0.4 is 4.74 Å². The molecular weight excluding hydrogens is 434 g/mol. The molecule has 2 aromatic rings. The molecule has 0 atom stereocenters. The molecule has 0 radical (unpaired) electrons. The van der Waals surface area contributed by atoms with Gasteiger partial charge in [-0.25, -0.2) is 4.79 Å². The molecule has 0 aliphatic carbocycles. The van der Waals surface area contributed by atoms with Gasteiger partial charge in [0.15, 0.2) is 0 Å². The van der Waals surface area contributed by atoms with E-state index < -0.39 is 5.97 Å². The summed E-state index contributed by atoms with van der Waals surface area (Å²) in [5.74, 6) is -0.786. The standard InChI is InChI=1S/C19H14BrNO5S/c1-21-17(22)16(27-19(21)25)9-13-8-14(20)6-7-15(13)26-10-11-2-4-12(5-3-11)18(23)24/h2-9H,10H2,1H3,(H,23,24)/b16-9+. The lowest BCUT2D eigenvalue weighted by molar-refractivity contribution is -0.121. The van der Waals surface area contributed by atoms with Crippen molar-refractivity contribution in [2.75, 3.05) is 7.05 Å². The minimum absolute atomic E-state index is 0.207. The molecule has 2 aromatic carbocycles. The molecule has 1 aliphatic heterocycles. The third-order valence-electron chi connectivity index (χ3n) is 3.84. The van der Waals surface area contributed by atoms with E-state index in [9.17, 15) is 14.4 Å². The summed E-state index contributed by atoms with van der Waals surface area (Å²) < 4.78 is 6.65. The van der Waals surface area contributed by atoms with Crippen molar-refractivity contribution in [2.45, 2.75) is 6.61 Å². The fourth-order valence-corrected chi connectivity index (χ4v) is 3.55. The van der Waals surface area contributed by atoms with E-state index in [1.165, 1.54) is 19.2 Å². The summed E-state index contributed by atoms with van der Waals surface area (Å²) >= 11 is 4.27. The summed E-state index contributed by atoms with van der Waals surface area (Å²) in [7, 11) is 1.44.